The summed E-state index contributed by atoms with van der Waals surface area (Å²) in [7, 11) is 0. The number of hydrogen-bond donors (Lipinski definition) is 2. The molecule has 2 N–H and O–H groups in total. The maximum atomic E-state index is 13.2. The van der Waals surface area contributed by atoms with E-state index in [1.54, 1.807) is 0 Å². The maximum absolute atomic E-state index is 13.2. The van der Waals surface area contributed by atoms with Crippen molar-refractivity contribution < 1.29 is 19.2 Å². The summed E-state index contributed by atoms with van der Waals surface area (Å²) in [5.74, 6) is -1.45. The molecule has 108 valence electrons. The van der Waals surface area contributed by atoms with Crippen LogP contribution in [0, 0.1) is 15.9 Å². The van der Waals surface area contributed by atoms with Crippen LogP contribution in [0.25, 0.3) is 0 Å². The van der Waals surface area contributed by atoms with E-state index in [1.807, 2.05) is 0 Å². The second kappa shape index (κ2) is 5.96. The van der Waals surface area contributed by atoms with Gasteiger partial charge < -0.3 is 10.4 Å². The number of nitro benzene ring substituents is 1. The van der Waals surface area contributed by atoms with E-state index >= 15 is 0 Å². The number of nitrogens with one attached hydrogen (secondary N) is 1. The van der Waals surface area contributed by atoms with Gasteiger partial charge in [0.25, 0.3) is 11.6 Å². The largest absolute Gasteiger partial charge is 0.391 e. The highest BCUT2D eigenvalue weighted by molar-refractivity contribution is 5.98. The molecule has 1 saturated carbocycles. The predicted molar refractivity (Wildman–Crippen MR) is 68.8 cm³/mol. The van der Waals surface area contributed by atoms with Gasteiger partial charge in [-0.1, -0.05) is 12.8 Å². The van der Waals surface area contributed by atoms with E-state index in [-0.39, 0.29) is 5.56 Å². The molecule has 1 aliphatic carbocycles. The van der Waals surface area contributed by atoms with Crippen molar-refractivity contribution in [2.45, 2.75) is 37.8 Å². The maximum Gasteiger partial charge on any atom is 0.282 e. The number of nitrogens with zero attached hydrogens (tertiary/aromatic N) is 1. The molecule has 0 spiro atoms. The summed E-state index contributed by atoms with van der Waals surface area (Å²) in [6, 6.07) is 2.29. The molecule has 2 atom stereocenters. The predicted octanol–water partition coefficient (Wildman–Crippen LogP) is 1.77. The second-order valence-electron chi connectivity index (χ2n) is 4.85. The summed E-state index contributed by atoms with van der Waals surface area (Å²) in [6.45, 7) is 0. The monoisotopic (exact) mass is 282 g/mol. The van der Waals surface area contributed by atoms with Crippen LogP contribution in [0.2, 0.25) is 0 Å². The van der Waals surface area contributed by atoms with E-state index in [0.717, 1.165) is 31.0 Å². The summed E-state index contributed by atoms with van der Waals surface area (Å²) in [5, 5.41) is 23.2. The number of rotatable bonds is 3. The molecular formula is C13H15FN2O4. The summed E-state index contributed by atoms with van der Waals surface area (Å²) in [5.41, 5.74) is -0.776. The molecule has 2 rings (SSSR count). The molecule has 0 aliphatic heterocycles. The highest BCUT2D eigenvalue weighted by Gasteiger charge is 2.28. The average Bonchev–Trinajstić information content (AvgIpc) is 2.40. The van der Waals surface area contributed by atoms with Gasteiger partial charge in [0.05, 0.1) is 17.1 Å². The number of halogens is 1. The lowest BCUT2D eigenvalue weighted by Gasteiger charge is -2.28. The number of hydrogen-bond acceptors (Lipinski definition) is 4. The molecule has 1 aromatic carbocycles. The molecule has 0 aromatic heterocycles. The molecule has 1 aliphatic rings. The van der Waals surface area contributed by atoms with Gasteiger partial charge in [0.2, 0.25) is 0 Å². The third-order valence-electron chi connectivity index (χ3n) is 3.45. The Balaban J connectivity index is 2.20. The zero-order valence-electron chi connectivity index (χ0n) is 10.7. The Labute approximate surface area is 114 Å². The van der Waals surface area contributed by atoms with E-state index in [0.29, 0.717) is 12.8 Å². The van der Waals surface area contributed by atoms with Gasteiger partial charge in [-0.3, -0.25) is 14.9 Å². The number of carbonyl (C=O) groups excluding carboxylic acids is 1. The molecule has 1 aromatic rings. The molecule has 0 bridgehead atoms. The van der Waals surface area contributed by atoms with Crippen LogP contribution in [0.3, 0.4) is 0 Å². The summed E-state index contributed by atoms with van der Waals surface area (Å²) < 4.78 is 13.2. The smallest absolute Gasteiger partial charge is 0.282 e. The van der Waals surface area contributed by atoms with Crippen LogP contribution in [-0.2, 0) is 0 Å². The minimum absolute atomic E-state index is 0.326. The van der Waals surface area contributed by atoms with Crippen molar-refractivity contribution in [2.75, 3.05) is 0 Å². The van der Waals surface area contributed by atoms with Gasteiger partial charge in [-0.2, -0.15) is 0 Å². The number of amides is 1. The topological polar surface area (TPSA) is 92.5 Å². The van der Waals surface area contributed by atoms with Gasteiger partial charge in [-0.05, 0) is 25.0 Å². The van der Waals surface area contributed by atoms with Gasteiger partial charge in [0.15, 0.2) is 0 Å². The van der Waals surface area contributed by atoms with Gasteiger partial charge in [0, 0.05) is 6.07 Å². The Morgan fingerprint density at radius 1 is 1.40 bits per heavy atom. The van der Waals surface area contributed by atoms with Crippen LogP contribution < -0.4 is 5.32 Å². The van der Waals surface area contributed by atoms with Gasteiger partial charge >= 0.3 is 0 Å². The molecule has 0 radical (unpaired) electrons. The number of nitro groups is 1. The quantitative estimate of drug-likeness (QED) is 0.652. The SMILES string of the molecule is O=C(N[C@H]1CCCC[C@@H]1O)c1cc(F)ccc1[N+](=O)[O-]. The molecule has 7 heteroatoms. The molecule has 0 saturated heterocycles. The van der Waals surface area contributed by atoms with E-state index in [9.17, 15) is 24.4 Å². The number of aliphatic hydroxyl groups excluding tert-OH is 1. The number of aliphatic hydroxyl groups is 1. The molecule has 6 nitrogen and oxygen atoms in total. The Kier molecular flexibility index (Phi) is 4.29. The first kappa shape index (κ1) is 14.4. The fourth-order valence-electron chi connectivity index (χ4n) is 2.38. The van der Waals surface area contributed by atoms with Crippen LogP contribution >= 0.6 is 0 Å². The first-order valence-electron chi connectivity index (χ1n) is 6.42. The Morgan fingerprint density at radius 3 is 2.75 bits per heavy atom. The second-order valence-corrected chi connectivity index (χ2v) is 4.85. The lowest BCUT2D eigenvalue weighted by Crippen LogP contribution is -2.45. The van der Waals surface area contributed by atoms with Crippen molar-refractivity contribution in [3.63, 3.8) is 0 Å². The van der Waals surface area contributed by atoms with E-state index in [2.05, 4.69) is 5.32 Å². The van der Waals surface area contributed by atoms with Crippen LogP contribution in [-0.4, -0.2) is 28.1 Å². The lowest BCUT2D eigenvalue weighted by atomic mass is 9.92. The summed E-state index contributed by atoms with van der Waals surface area (Å²) in [6.07, 6.45) is 2.27. The summed E-state index contributed by atoms with van der Waals surface area (Å²) >= 11 is 0. The van der Waals surface area contributed by atoms with Crippen molar-refractivity contribution >= 4 is 11.6 Å². The number of benzene rings is 1. The van der Waals surface area contributed by atoms with Crippen LogP contribution in [0.1, 0.15) is 36.0 Å². The van der Waals surface area contributed by atoms with E-state index in [4.69, 9.17) is 0 Å². The zero-order chi connectivity index (χ0) is 14.7. The van der Waals surface area contributed by atoms with Crippen LogP contribution in [0.15, 0.2) is 18.2 Å². The third kappa shape index (κ3) is 3.11. The normalized spacial score (nSPS) is 22.3. The first-order valence-corrected chi connectivity index (χ1v) is 6.42. The van der Waals surface area contributed by atoms with Crippen LogP contribution in [0.4, 0.5) is 10.1 Å². The standard InChI is InChI=1S/C13H15FN2O4/c14-8-5-6-11(16(19)20)9(7-8)13(18)15-10-3-1-2-4-12(10)17/h5-7,10,12,17H,1-4H2,(H,15,18)/t10-,12-/m0/s1. The highest BCUT2D eigenvalue weighted by Crippen LogP contribution is 2.22. The first-order chi connectivity index (χ1) is 9.49. The van der Waals surface area contributed by atoms with Crippen molar-refractivity contribution in [3.05, 3.63) is 39.7 Å². The van der Waals surface area contributed by atoms with E-state index in [1.165, 1.54) is 0 Å². The molecule has 0 unspecified atom stereocenters. The minimum Gasteiger partial charge on any atom is -0.391 e. The van der Waals surface area contributed by atoms with Crippen LogP contribution in [0.5, 0.6) is 0 Å². The minimum atomic E-state index is -0.734. The zero-order valence-corrected chi connectivity index (χ0v) is 10.7. The fraction of sp³-hybridized carbons (Fsp3) is 0.462. The fourth-order valence-corrected chi connectivity index (χ4v) is 2.38. The molecule has 1 fully saturated rings. The third-order valence-corrected chi connectivity index (χ3v) is 3.45. The molecule has 1 amide bonds. The molecule has 20 heavy (non-hydrogen) atoms. The summed E-state index contributed by atoms with van der Waals surface area (Å²) in [4.78, 5) is 22.2. The van der Waals surface area contributed by atoms with Crippen molar-refractivity contribution in [2.24, 2.45) is 0 Å². The molecule has 0 heterocycles. The van der Waals surface area contributed by atoms with Gasteiger partial charge in [0.1, 0.15) is 11.4 Å². The Hall–Kier alpha value is -2.02. The molecular weight excluding hydrogens is 267 g/mol. The Bertz CT molecular complexity index is 535. The Morgan fingerprint density at radius 2 is 2.10 bits per heavy atom. The van der Waals surface area contributed by atoms with Crippen molar-refractivity contribution in [1.82, 2.24) is 5.32 Å². The van der Waals surface area contributed by atoms with Crippen molar-refractivity contribution in [1.29, 1.82) is 0 Å². The lowest BCUT2D eigenvalue weighted by molar-refractivity contribution is -0.385. The van der Waals surface area contributed by atoms with E-state index < -0.39 is 34.5 Å². The number of carbonyl (C=O) groups is 1. The van der Waals surface area contributed by atoms with Crippen molar-refractivity contribution in [3.8, 4) is 0 Å². The average molecular weight is 282 g/mol. The highest BCUT2D eigenvalue weighted by atomic mass is 19.1. The van der Waals surface area contributed by atoms with Gasteiger partial charge in [-0.25, -0.2) is 4.39 Å². The van der Waals surface area contributed by atoms with Gasteiger partial charge in [-0.15, -0.1) is 0 Å².